The van der Waals surface area contributed by atoms with Gasteiger partial charge < -0.3 is 15.4 Å². The van der Waals surface area contributed by atoms with Crippen LogP contribution in [0.4, 0.5) is 17.1 Å². The molecule has 7 nitrogen and oxygen atoms in total. The summed E-state index contributed by atoms with van der Waals surface area (Å²) in [5, 5.41) is 17.1. The number of nitro benzene ring substituents is 1. The molecule has 0 saturated carbocycles. The van der Waals surface area contributed by atoms with Gasteiger partial charge in [-0.2, -0.15) is 0 Å². The number of carbonyl (C=O) groups excluding carboxylic acids is 1. The van der Waals surface area contributed by atoms with Crippen LogP contribution in [-0.4, -0.2) is 22.4 Å². The number of nitrogens with one attached hydrogen (secondary N) is 2. The lowest BCUT2D eigenvalue weighted by molar-refractivity contribution is -0.384. The second kappa shape index (κ2) is 8.20. The fourth-order valence-corrected chi connectivity index (χ4v) is 2.35. The predicted octanol–water partition coefficient (Wildman–Crippen LogP) is 4.01. The first kappa shape index (κ1) is 18.3. The van der Waals surface area contributed by atoms with Gasteiger partial charge in [0.15, 0.2) is 10.9 Å². The van der Waals surface area contributed by atoms with Gasteiger partial charge in [-0.15, -0.1) is 0 Å². The molecule has 0 bridgehead atoms. The summed E-state index contributed by atoms with van der Waals surface area (Å²) in [4.78, 5) is 22.2. The van der Waals surface area contributed by atoms with E-state index >= 15 is 0 Å². The molecule has 2 rings (SSSR count). The Morgan fingerprint density at radius 3 is 2.64 bits per heavy atom. The molecule has 8 heteroatoms. The molecule has 2 aromatic rings. The normalized spacial score (nSPS) is 10.0. The lowest BCUT2D eigenvalue weighted by Gasteiger charge is -2.12. The summed E-state index contributed by atoms with van der Waals surface area (Å²) in [7, 11) is 0. The molecule has 0 atom stereocenters. The Kier molecular flexibility index (Phi) is 6.02. The van der Waals surface area contributed by atoms with Gasteiger partial charge in [0.05, 0.1) is 17.6 Å². The van der Waals surface area contributed by atoms with E-state index < -0.39 is 4.92 Å². The molecule has 0 amide bonds. The van der Waals surface area contributed by atoms with Crippen LogP contribution >= 0.6 is 12.2 Å². The number of rotatable bonds is 6. The third-order valence-corrected chi connectivity index (χ3v) is 3.46. The van der Waals surface area contributed by atoms with Crippen molar-refractivity contribution >= 4 is 40.2 Å². The van der Waals surface area contributed by atoms with Crippen molar-refractivity contribution in [2.24, 2.45) is 0 Å². The van der Waals surface area contributed by atoms with Gasteiger partial charge in [-0.3, -0.25) is 14.9 Å². The largest absolute Gasteiger partial charge is 0.494 e. The van der Waals surface area contributed by atoms with E-state index in [1.807, 2.05) is 0 Å². The predicted molar refractivity (Wildman–Crippen MR) is 101 cm³/mol. The minimum Gasteiger partial charge on any atom is -0.494 e. The van der Waals surface area contributed by atoms with Crippen LogP contribution in [0.3, 0.4) is 0 Å². The Hall–Kier alpha value is -3.00. The van der Waals surface area contributed by atoms with Gasteiger partial charge in [-0.05, 0) is 50.3 Å². The summed E-state index contributed by atoms with van der Waals surface area (Å²) >= 11 is 5.20. The minimum absolute atomic E-state index is 0.0651. The van der Waals surface area contributed by atoms with E-state index in [9.17, 15) is 14.9 Å². The molecule has 0 aliphatic heterocycles. The van der Waals surface area contributed by atoms with Crippen molar-refractivity contribution in [2.75, 3.05) is 17.2 Å². The van der Waals surface area contributed by atoms with Crippen molar-refractivity contribution in [2.45, 2.75) is 13.8 Å². The highest BCUT2D eigenvalue weighted by molar-refractivity contribution is 7.80. The number of hydrogen-bond donors (Lipinski definition) is 2. The number of hydrogen-bond acceptors (Lipinski definition) is 5. The quantitative estimate of drug-likeness (QED) is 0.348. The molecule has 0 saturated heterocycles. The molecule has 0 spiro atoms. The van der Waals surface area contributed by atoms with E-state index in [1.54, 1.807) is 37.3 Å². The van der Waals surface area contributed by atoms with E-state index in [4.69, 9.17) is 17.0 Å². The molecule has 0 unspecified atom stereocenters. The Balaban J connectivity index is 2.16. The molecular formula is C17H17N3O4S. The third kappa shape index (κ3) is 4.98. The second-order valence-corrected chi connectivity index (χ2v) is 5.49. The van der Waals surface area contributed by atoms with Crippen LogP contribution in [0, 0.1) is 10.1 Å². The molecule has 0 fully saturated rings. The van der Waals surface area contributed by atoms with Crippen LogP contribution in [0.5, 0.6) is 5.75 Å². The van der Waals surface area contributed by atoms with E-state index in [1.165, 1.54) is 19.1 Å². The minimum atomic E-state index is -0.510. The van der Waals surface area contributed by atoms with Crippen molar-refractivity contribution in [1.29, 1.82) is 0 Å². The fraction of sp³-hybridized carbons (Fsp3) is 0.176. The van der Waals surface area contributed by atoms with Gasteiger partial charge in [0.2, 0.25) is 0 Å². The molecule has 0 radical (unpaired) electrons. The monoisotopic (exact) mass is 359 g/mol. The number of ether oxygens (including phenoxy) is 1. The van der Waals surface area contributed by atoms with Crippen LogP contribution in [-0.2, 0) is 0 Å². The van der Waals surface area contributed by atoms with Crippen LogP contribution in [0.2, 0.25) is 0 Å². The summed E-state index contributed by atoms with van der Waals surface area (Å²) in [6.45, 7) is 3.68. The zero-order valence-electron chi connectivity index (χ0n) is 13.7. The Labute approximate surface area is 150 Å². The molecule has 2 N–H and O–H groups in total. The first-order valence-electron chi connectivity index (χ1n) is 7.51. The van der Waals surface area contributed by atoms with Gasteiger partial charge in [0.25, 0.3) is 5.69 Å². The van der Waals surface area contributed by atoms with E-state index in [2.05, 4.69) is 10.6 Å². The van der Waals surface area contributed by atoms with Crippen molar-refractivity contribution in [3.63, 3.8) is 0 Å². The summed E-state index contributed by atoms with van der Waals surface area (Å²) in [6.07, 6.45) is 0. The maximum absolute atomic E-state index is 11.4. The zero-order valence-corrected chi connectivity index (χ0v) is 14.6. The number of anilines is 2. The Bertz CT molecular complexity index is 823. The average molecular weight is 359 g/mol. The van der Waals surface area contributed by atoms with E-state index in [0.29, 0.717) is 23.6 Å². The topological polar surface area (TPSA) is 93.5 Å². The molecular weight excluding hydrogens is 342 g/mol. The molecule has 0 aliphatic rings. The summed E-state index contributed by atoms with van der Waals surface area (Å²) in [5.41, 5.74) is 1.25. The molecule has 25 heavy (non-hydrogen) atoms. The number of nitrogens with zero attached hydrogens (tertiary/aromatic N) is 1. The van der Waals surface area contributed by atoms with Crippen LogP contribution in [0.1, 0.15) is 24.2 Å². The van der Waals surface area contributed by atoms with Crippen molar-refractivity contribution in [1.82, 2.24) is 0 Å². The van der Waals surface area contributed by atoms with Crippen molar-refractivity contribution in [3.05, 3.63) is 58.1 Å². The van der Waals surface area contributed by atoms with Gasteiger partial charge in [0, 0.05) is 11.3 Å². The number of thiocarbonyl (C=S) groups is 1. The molecule has 0 heterocycles. The first-order chi connectivity index (χ1) is 11.9. The van der Waals surface area contributed by atoms with Crippen LogP contribution in [0.25, 0.3) is 0 Å². The maximum atomic E-state index is 11.4. The summed E-state index contributed by atoms with van der Waals surface area (Å²) in [6, 6.07) is 11.3. The van der Waals surface area contributed by atoms with E-state index in [-0.39, 0.29) is 22.3 Å². The molecule has 0 aromatic heterocycles. The van der Waals surface area contributed by atoms with Crippen LogP contribution in [0.15, 0.2) is 42.5 Å². The highest BCUT2D eigenvalue weighted by atomic mass is 32.1. The summed E-state index contributed by atoms with van der Waals surface area (Å²) in [5.74, 6) is 0.345. The van der Waals surface area contributed by atoms with Gasteiger partial charge in [0.1, 0.15) is 11.4 Å². The standard InChI is InChI=1S/C17H17N3O4S/c1-3-24-14-7-8-15(16(10-14)20(22)23)19-17(25)18-13-6-4-5-12(9-13)11(2)21/h4-10H,3H2,1-2H3,(H2,18,19,25). The van der Waals surface area contributed by atoms with Crippen LogP contribution < -0.4 is 15.4 Å². The number of nitro groups is 1. The number of benzene rings is 2. The van der Waals surface area contributed by atoms with Gasteiger partial charge in [-0.1, -0.05) is 12.1 Å². The van der Waals surface area contributed by atoms with Gasteiger partial charge >= 0.3 is 0 Å². The SMILES string of the molecule is CCOc1ccc(NC(=S)Nc2cccc(C(C)=O)c2)c([N+](=O)[O-])c1. The number of ketones is 1. The fourth-order valence-electron chi connectivity index (χ4n) is 2.13. The lowest BCUT2D eigenvalue weighted by atomic mass is 10.1. The highest BCUT2D eigenvalue weighted by Gasteiger charge is 2.16. The molecule has 130 valence electrons. The Morgan fingerprint density at radius 2 is 2.00 bits per heavy atom. The van der Waals surface area contributed by atoms with E-state index in [0.717, 1.165) is 0 Å². The Morgan fingerprint density at radius 1 is 1.24 bits per heavy atom. The lowest BCUT2D eigenvalue weighted by Crippen LogP contribution is -2.20. The average Bonchev–Trinajstić information content (AvgIpc) is 2.56. The maximum Gasteiger partial charge on any atom is 0.296 e. The first-order valence-corrected chi connectivity index (χ1v) is 7.91. The highest BCUT2D eigenvalue weighted by Crippen LogP contribution is 2.29. The van der Waals surface area contributed by atoms with Crippen molar-refractivity contribution < 1.29 is 14.5 Å². The summed E-state index contributed by atoms with van der Waals surface area (Å²) < 4.78 is 5.28. The van der Waals surface area contributed by atoms with Crippen molar-refractivity contribution in [3.8, 4) is 5.75 Å². The molecule has 0 aliphatic carbocycles. The smallest absolute Gasteiger partial charge is 0.296 e. The number of carbonyl (C=O) groups is 1. The second-order valence-electron chi connectivity index (χ2n) is 5.09. The molecule has 2 aromatic carbocycles. The number of Topliss-reactive ketones (excluding diaryl/α,β-unsaturated/α-hetero) is 1. The zero-order chi connectivity index (χ0) is 18.4. The van der Waals surface area contributed by atoms with Gasteiger partial charge in [-0.25, -0.2) is 0 Å². The third-order valence-electron chi connectivity index (χ3n) is 3.25.